The fourth-order valence-electron chi connectivity index (χ4n) is 3.92. The lowest BCUT2D eigenvalue weighted by molar-refractivity contribution is 0.0856. The maximum Gasteiger partial charge on any atom is 0.324 e. The summed E-state index contributed by atoms with van der Waals surface area (Å²) in [6, 6.07) is 13.9. The quantitative estimate of drug-likeness (QED) is 0.769. The monoisotopic (exact) mass is 352 g/mol. The van der Waals surface area contributed by atoms with Crippen molar-refractivity contribution in [1.82, 2.24) is 4.90 Å². The summed E-state index contributed by atoms with van der Waals surface area (Å²) in [5.41, 5.74) is 2.62. The highest BCUT2D eigenvalue weighted by atomic mass is 19.1. The molecule has 0 N–H and O–H groups in total. The van der Waals surface area contributed by atoms with E-state index in [1.807, 2.05) is 28.0 Å². The Bertz CT molecular complexity index is 843. The summed E-state index contributed by atoms with van der Waals surface area (Å²) < 4.78 is 13.3. The molecular weight excluding hydrogens is 331 g/mol. The van der Waals surface area contributed by atoms with Gasteiger partial charge in [0.25, 0.3) is 0 Å². The highest BCUT2D eigenvalue weighted by Crippen LogP contribution is 2.30. The zero-order chi connectivity index (χ0) is 18.1. The van der Waals surface area contributed by atoms with Crippen LogP contribution in [0.25, 0.3) is 0 Å². The molecule has 2 aromatic carbocycles. The third-order valence-corrected chi connectivity index (χ3v) is 5.36. The van der Waals surface area contributed by atoms with Gasteiger partial charge in [0.15, 0.2) is 5.78 Å². The van der Waals surface area contributed by atoms with Crippen LogP contribution in [0.2, 0.25) is 0 Å². The van der Waals surface area contributed by atoms with E-state index < -0.39 is 5.82 Å². The number of hydrogen-bond acceptors (Lipinski definition) is 2. The van der Waals surface area contributed by atoms with Gasteiger partial charge in [-0.1, -0.05) is 30.3 Å². The molecule has 0 radical (unpaired) electrons. The number of nitrogens with zero attached hydrogens (tertiary/aromatic N) is 2. The molecule has 26 heavy (non-hydrogen) atoms. The van der Waals surface area contributed by atoms with E-state index in [-0.39, 0.29) is 17.7 Å². The summed E-state index contributed by atoms with van der Waals surface area (Å²) in [6.45, 7) is 1.83. The maximum absolute atomic E-state index is 13.3. The van der Waals surface area contributed by atoms with Gasteiger partial charge in [-0.2, -0.15) is 0 Å². The molecule has 5 heteroatoms. The van der Waals surface area contributed by atoms with E-state index in [2.05, 4.69) is 6.07 Å². The summed E-state index contributed by atoms with van der Waals surface area (Å²) in [6.07, 6.45) is 2.13. The molecular formula is C21H21FN2O2. The van der Waals surface area contributed by atoms with Crippen LogP contribution in [0.4, 0.5) is 14.9 Å². The Hall–Kier alpha value is -2.69. The van der Waals surface area contributed by atoms with Crippen LogP contribution < -0.4 is 4.90 Å². The van der Waals surface area contributed by atoms with Gasteiger partial charge in [0, 0.05) is 36.8 Å². The number of carbonyl (C=O) groups excluding carboxylic acids is 2. The van der Waals surface area contributed by atoms with Crippen molar-refractivity contribution in [3.63, 3.8) is 0 Å². The van der Waals surface area contributed by atoms with Crippen molar-refractivity contribution in [2.75, 3.05) is 24.5 Å². The molecule has 0 aromatic heterocycles. The van der Waals surface area contributed by atoms with Gasteiger partial charge in [-0.05, 0) is 43.0 Å². The van der Waals surface area contributed by atoms with Gasteiger partial charge >= 0.3 is 6.03 Å². The Morgan fingerprint density at radius 1 is 0.962 bits per heavy atom. The highest BCUT2D eigenvalue weighted by Gasteiger charge is 2.32. The van der Waals surface area contributed by atoms with Crippen molar-refractivity contribution in [2.24, 2.45) is 5.92 Å². The van der Waals surface area contributed by atoms with Gasteiger partial charge in [-0.15, -0.1) is 0 Å². The van der Waals surface area contributed by atoms with Crippen LogP contribution in [-0.4, -0.2) is 36.3 Å². The van der Waals surface area contributed by atoms with Crippen LogP contribution in [-0.2, 0) is 6.42 Å². The summed E-state index contributed by atoms with van der Waals surface area (Å²) in [5.74, 6) is -0.564. The average Bonchev–Trinajstić information content (AvgIpc) is 3.11. The number of piperidine rings is 1. The number of hydrogen-bond donors (Lipinski definition) is 0. The predicted octanol–water partition coefficient (Wildman–Crippen LogP) is 3.90. The topological polar surface area (TPSA) is 40.6 Å². The van der Waals surface area contributed by atoms with Crippen molar-refractivity contribution in [3.8, 4) is 0 Å². The molecule has 0 aliphatic carbocycles. The molecule has 1 saturated heterocycles. The van der Waals surface area contributed by atoms with Crippen LogP contribution in [0.3, 0.4) is 0 Å². The molecule has 0 bridgehead atoms. The number of halogens is 1. The number of ketones is 1. The van der Waals surface area contributed by atoms with Gasteiger partial charge in [-0.3, -0.25) is 9.69 Å². The van der Waals surface area contributed by atoms with E-state index in [0.717, 1.165) is 12.1 Å². The fourth-order valence-corrected chi connectivity index (χ4v) is 3.92. The first-order valence-electron chi connectivity index (χ1n) is 9.07. The molecule has 4 rings (SSSR count). The second-order valence-electron chi connectivity index (χ2n) is 6.95. The number of amides is 2. The molecule has 1 fully saturated rings. The number of anilines is 1. The fraction of sp³-hybridized carbons (Fsp3) is 0.333. The molecule has 0 saturated carbocycles. The highest BCUT2D eigenvalue weighted by molar-refractivity contribution is 5.98. The summed E-state index contributed by atoms with van der Waals surface area (Å²) >= 11 is 0. The number of carbonyl (C=O) groups is 2. The Kier molecular flexibility index (Phi) is 4.45. The first kappa shape index (κ1) is 16.8. The normalized spacial score (nSPS) is 17.3. The predicted molar refractivity (Wildman–Crippen MR) is 97.9 cm³/mol. The maximum atomic E-state index is 13.3. The largest absolute Gasteiger partial charge is 0.324 e. The number of para-hydroxylation sites is 1. The van der Waals surface area contributed by atoms with Crippen molar-refractivity contribution in [1.29, 1.82) is 0 Å². The molecule has 2 aliphatic rings. The van der Waals surface area contributed by atoms with E-state index in [0.29, 0.717) is 38.0 Å². The standard InChI is InChI=1S/C21H21FN2O2/c22-18-6-3-5-17(14-18)20(25)16-8-11-23(12-9-16)21(26)24-13-10-15-4-1-2-7-19(15)24/h1-7,14,16H,8-13H2. The van der Waals surface area contributed by atoms with Gasteiger partial charge in [0.2, 0.25) is 0 Å². The number of urea groups is 1. The molecule has 2 heterocycles. The zero-order valence-corrected chi connectivity index (χ0v) is 14.5. The number of benzene rings is 2. The minimum absolute atomic E-state index is 0.0200. The van der Waals surface area contributed by atoms with E-state index in [4.69, 9.17) is 0 Å². The minimum atomic E-state index is -0.392. The molecule has 2 aliphatic heterocycles. The molecule has 0 atom stereocenters. The molecule has 2 aromatic rings. The Morgan fingerprint density at radius 2 is 1.73 bits per heavy atom. The van der Waals surface area contributed by atoms with Crippen LogP contribution in [0, 0.1) is 11.7 Å². The Morgan fingerprint density at radius 3 is 2.50 bits per heavy atom. The molecule has 134 valence electrons. The van der Waals surface area contributed by atoms with Crippen LogP contribution in [0.5, 0.6) is 0 Å². The first-order valence-corrected chi connectivity index (χ1v) is 9.07. The van der Waals surface area contributed by atoms with Gasteiger partial charge in [-0.25, -0.2) is 9.18 Å². The summed E-state index contributed by atoms with van der Waals surface area (Å²) in [5, 5.41) is 0. The molecule has 2 amide bonds. The SMILES string of the molecule is O=C(c1cccc(F)c1)C1CCN(C(=O)N2CCc3ccccc32)CC1. The second-order valence-corrected chi connectivity index (χ2v) is 6.95. The lowest BCUT2D eigenvalue weighted by Crippen LogP contribution is -2.47. The van der Waals surface area contributed by atoms with Crippen LogP contribution in [0.15, 0.2) is 48.5 Å². The number of likely N-dealkylation sites (tertiary alicyclic amines) is 1. The van der Waals surface area contributed by atoms with E-state index in [1.165, 1.54) is 17.7 Å². The zero-order valence-electron chi connectivity index (χ0n) is 14.5. The van der Waals surface area contributed by atoms with E-state index in [1.54, 1.807) is 12.1 Å². The van der Waals surface area contributed by atoms with Crippen molar-refractivity contribution >= 4 is 17.5 Å². The van der Waals surface area contributed by atoms with Gasteiger partial charge in [0.1, 0.15) is 5.82 Å². The van der Waals surface area contributed by atoms with Crippen molar-refractivity contribution in [2.45, 2.75) is 19.3 Å². The lowest BCUT2D eigenvalue weighted by atomic mass is 9.89. The number of fused-ring (bicyclic) bond motifs is 1. The summed E-state index contributed by atoms with van der Waals surface area (Å²) in [4.78, 5) is 29.1. The summed E-state index contributed by atoms with van der Waals surface area (Å²) in [7, 11) is 0. The van der Waals surface area contributed by atoms with Crippen molar-refractivity contribution in [3.05, 3.63) is 65.5 Å². The van der Waals surface area contributed by atoms with Crippen molar-refractivity contribution < 1.29 is 14.0 Å². The Labute approximate surface area is 152 Å². The lowest BCUT2D eigenvalue weighted by Gasteiger charge is -2.34. The van der Waals surface area contributed by atoms with Gasteiger partial charge in [0.05, 0.1) is 0 Å². The minimum Gasteiger partial charge on any atom is -0.324 e. The van der Waals surface area contributed by atoms with E-state index >= 15 is 0 Å². The first-order chi connectivity index (χ1) is 12.6. The van der Waals surface area contributed by atoms with Gasteiger partial charge < -0.3 is 4.90 Å². The number of rotatable bonds is 2. The molecule has 0 unspecified atom stereocenters. The smallest absolute Gasteiger partial charge is 0.324 e. The van der Waals surface area contributed by atoms with E-state index in [9.17, 15) is 14.0 Å². The Balaban J connectivity index is 1.39. The third-order valence-electron chi connectivity index (χ3n) is 5.36. The van der Waals surface area contributed by atoms with Crippen LogP contribution >= 0.6 is 0 Å². The number of Topliss-reactive ketones (excluding diaryl/α,β-unsaturated/α-hetero) is 1. The molecule has 0 spiro atoms. The van der Waals surface area contributed by atoms with Crippen LogP contribution in [0.1, 0.15) is 28.8 Å². The average molecular weight is 352 g/mol. The second kappa shape index (κ2) is 6.90. The third kappa shape index (κ3) is 3.09. The molecule has 4 nitrogen and oxygen atoms in total.